The highest BCUT2D eigenvalue weighted by atomic mass is 32.2. The predicted molar refractivity (Wildman–Crippen MR) is 224 cm³/mol. The fourth-order valence-corrected chi connectivity index (χ4v) is 8.28. The Balaban J connectivity index is 1.36. The summed E-state index contributed by atoms with van der Waals surface area (Å²) in [5.41, 5.74) is 2.13. The molecule has 6 rings (SSSR count). The number of rotatable bonds is 20. The van der Waals surface area contributed by atoms with Crippen LogP contribution in [0.3, 0.4) is 0 Å². The lowest BCUT2D eigenvalue weighted by molar-refractivity contribution is -0.268. The summed E-state index contributed by atoms with van der Waals surface area (Å²) < 4.78 is 62.2. The molecule has 330 valence electrons. The van der Waals surface area contributed by atoms with E-state index in [0.717, 1.165) is 21.6 Å². The SMILES string of the molecule is CC(=O)OC[C@@H](OC(C)=O)[C@@H]1OC(OC[C@H]2O[C@H](Sc3ccccc3)[C@@H](OCc3ccccc3)[C@@H](OCc3ccccc3)[C@@H]2OCc2ccccc2)[C@H](OC(C)=O)[C@H]1OC(C)=O. The summed E-state index contributed by atoms with van der Waals surface area (Å²) in [7, 11) is 0. The molecule has 4 aromatic rings. The van der Waals surface area contributed by atoms with Crippen molar-refractivity contribution in [1.29, 1.82) is 0 Å². The number of carbonyl (C=O) groups is 4. The summed E-state index contributed by atoms with van der Waals surface area (Å²) in [6.45, 7) is 4.72. The van der Waals surface area contributed by atoms with E-state index in [-0.39, 0.29) is 26.4 Å². The lowest BCUT2D eigenvalue weighted by Crippen LogP contribution is -2.60. The van der Waals surface area contributed by atoms with Gasteiger partial charge in [0.1, 0.15) is 42.6 Å². The first-order chi connectivity index (χ1) is 30.0. The fourth-order valence-electron chi connectivity index (χ4n) is 7.13. The lowest BCUT2D eigenvalue weighted by atomic mass is 9.98. The van der Waals surface area contributed by atoms with Gasteiger partial charge in [0, 0.05) is 32.6 Å². The molecule has 0 N–H and O–H groups in total. The largest absolute Gasteiger partial charge is 0.462 e. The summed E-state index contributed by atoms with van der Waals surface area (Å²) in [4.78, 5) is 50.0. The molecule has 2 saturated heterocycles. The summed E-state index contributed by atoms with van der Waals surface area (Å²) in [6, 6.07) is 39.0. The number of thioether (sulfide) groups is 1. The van der Waals surface area contributed by atoms with Crippen molar-refractivity contribution in [1.82, 2.24) is 0 Å². The average molecular weight is 873 g/mol. The second kappa shape index (κ2) is 23.4. The number of hydrogen-bond donors (Lipinski definition) is 0. The van der Waals surface area contributed by atoms with Gasteiger partial charge in [0.2, 0.25) is 0 Å². The number of hydrogen-bond acceptors (Lipinski definition) is 15. The van der Waals surface area contributed by atoms with Crippen molar-refractivity contribution in [2.75, 3.05) is 13.2 Å². The van der Waals surface area contributed by atoms with Crippen LogP contribution in [-0.4, -0.2) is 97.6 Å². The molecule has 15 heteroatoms. The van der Waals surface area contributed by atoms with Gasteiger partial charge in [-0.15, -0.1) is 0 Å². The van der Waals surface area contributed by atoms with Crippen molar-refractivity contribution in [3.05, 3.63) is 138 Å². The van der Waals surface area contributed by atoms with Gasteiger partial charge in [0.15, 0.2) is 24.6 Å². The van der Waals surface area contributed by atoms with E-state index in [0.29, 0.717) is 0 Å². The predicted octanol–water partition coefficient (Wildman–Crippen LogP) is 6.36. The van der Waals surface area contributed by atoms with Crippen LogP contribution in [0.5, 0.6) is 0 Å². The highest BCUT2D eigenvalue weighted by Crippen LogP contribution is 2.39. The maximum atomic E-state index is 12.6. The molecule has 2 fully saturated rings. The Bertz CT molecular complexity index is 2010. The molecule has 0 aromatic heterocycles. The van der Waals surface area contributed by atoms with Crippen LogP contribution in [0.4, 0.5) is 0 Å². The number of carbonyl (C=O) groups excluding carboxylic acids is 4. The molecule has 2 aliphatic rings. The first kappa shape index (κ1) is 46.4. The van der Waals surface area contributed by atoms with Crippen LogP contribution in [0.25, 0.3) is 0 Å². The minimum absolute atomic E-state index is 0.186. The molecule has 10 atom stereocenters. The number of ether oxygens (including phenoxy) is 10. The molecule has 14 nitrogen and oxygen atoms in total. The molecule has 62 heavy (non-hydrogen) atoms. The van der Waals surface area contributed by atoms with E-state index in [4.69, 9.17) is 47.4 Å². The molecule has 0 aliphatic carbocycles. The van der Waals surface area contributed by atoms with E-state index < -0.39 is 91.0 Å². The number of benzene rings is 4. The third-order valence-electron chi connectivity index (χ3n) is 9.81. The van der Waals surface area contributed by atoms with Gasteiger partial charge in [-0.2, -0.15) is 0 Å². The zero-order valence-electron chi connectivity index (χ0n) is 35.0. The van der Waals surface area contributed by atoms with E-state index in [2.05, 4.69) is 0 Å². The Hall–Kier alpha value is -5.13. The van der Waals surface area contributed by atoms with Crippen LogP contribution in [0.1, 0.15) is 44.4 Å². The fraction of sp³-hybridized carbons (Fsp3) is 0.404. The van der Waals surface area contributed by atoms with Crippen molar-refractivity contribution in [2.24, 2.45) is 0 Å². The highest BCUT2D eigenvalue weighted by molar-refractivity contribution is 7.99. The van der Waals surface area contributed by atoms with E-state index in [9.17, 15) is 19.2 Å². The standard InChI is InChI=1S/C47H52O14S/c1-30(48)52-28-39(57-31(2)49)41-43(58-32(3)50)44(59-33(4)51)46(61-41)56-29-38-40(53-25-34-17-9-5-10-18-34)42(54-26-35-19-11-6-12-20-35)45(55-27-36-21-13-7-14-22-36)47(60-38)62-37-23-15-8-16-24-37/h5-24,38-47H,25-29H2,1-4H3/t38-,39-,40-,41+,42+,43+,44-,45+,46?,47-/m1/s1. The maximum Gasteiger partial charge on any atom is 0.303 e. The Kier molecular flexibility index (Phi) is 17.5. The molecule has 2 aliphatic heterocycles. The minimum atomic E-state index is -1.39. The monoisotopic (exact) mass is 872 g/mol. The molecule has 2 heterocycles. The summed E-state index contributed by atoms with van der Waals surface area (Å²) >= 11 is 1.46. The molecule has 0 amide bonds. The van der Waals surface area contributed by atoms with Crippen molar-refractivity contribution in [2.45, 2.75) is 113 Å². The van der Waals surface area contributed by atoms with E-state index in [1.165, 1.54) is 39.5 Å². The molecule has 0 saturated carbocycles. The zero-order valence-corrected chi connectivity index (χ0v) is 35.8. The first-order valence-corrected chi connectivity index (χ1v) is 21.2. The second-order valence-corrected chi connectivity index (χ2v) is 15.8. The quantitative estimate of drug-likeness (QED) is 0.0713. The molecule has 4 aromatic carbocycles. The second-order valence-electron chi connectivity index (χ2n) is 14.7. The van der Waals surface area contributed by atoms with Gasteiger partial charge in [-0.05, 0) is 28.8 Å². The molecule has 0 spiro atoms. The third kappa shape index (κ3) is 13.7. The van der Waals surface area contributed by atoms with Gasteiger partial charge >= 0.3 is 23.9 Å². The highest BCUT2D eigenvalue weighted by Gasteiger charge is 2.55. The lowest BCUT2D eigenvalue weighted by Gasteiger charge is -2.46. The van der Waals surface area contributed by atoms with E-state index >= 15 is 0 Å². The van der Waals surface area contributed by atoms with Gasteiger partial charge < -0.3 is 47.4 Å². The van der Waals surface area contributed by atoms with Crippen molar-refractivity contribution < 1.29 is 66.5 Å². The Labute approximate surface area is 365 Å². The molecule has 1 unspecified atom stereocenters. The van der Waals surface area contributed by atoms with E-state index in [1.807, 2.05) is 121 Å². The Morgan fingerprint density at radius 1 is 0.532 bits per heavy atom. The van der Waals surface area contributed by atoms with Crippen LogP contribution in [0.2, 0.25) is 0 Å². The maximum absolute atomic E-state index is 12.6. The van der Waals surface area contributed by atoms with Crippen LogP contribution >= 0.6 is 11.8 Å². The van der Waals surface area contributed by atoms with Crippen LogP contribution in [-0.2, 0) is 86.4 Å². The minimum Gasteiger partial charge on any atom is -0.462 e. The third-order valence-corrected chi connectivity index (χ3v) is 11.0. The summed E-state index contributed by atoms with van der Waals surface area (Å²) in [5, 5.41) is 0. The first-order valence-electron chi connectivity index (χ1n) is 20.3. The molecule has 0 bridgehead atoms. The average Bonchev–Trinajstić information content (AvgIpc) is 3.58. The van der Waals surface area contributed by atoms with E-state index in [1.54, 1.807) is 0 Å². The summed E-state index contributed by atoms with van der Waals surface area (Å²) in [6.07, 6.45) is -9.73. The smallest absolute Gasteiger partial charge is 0.303 e. The van der Waals surface area contributed by atoms with Crippen LogP contribution < -0.4 is 0 Å². The Morgan fingerprint density at radius 3 is 1.52 bits per heavy atom. The van der Waals surface area contributed by atoms with Gasteiger partial charge in [0.05, 0.1) is 26.4 Å². The molecule has 0 radical (unpaired) electrons. The topological polar surface area (TPSA) is 161 Å². The normalized spacial score (nSPS) is 25.0. The van der Waals surface area contributed by atoms with Crippen molar-refractivity contribution >= 4 is 35.6 Å². The van der Waals surface area contributed by atoms with Gasteiger partial charge in [-0.3, -0.25) is 19.2 Å². The Morgan fingerprint density at radius 2 is 1.02 bits per heavy atom. The summed E-state index contributed by atoms with van der Waals surface area (Å²) in [5.74, 6) is -2.83. The zero-order chi connectivity index (χ0) is 43.8. The van der Waals surface area contributed by atoms with Gasteiger partial charge in [-0.25, -0.2) is 0 Å². The van der Waals surface area contributed by atoms with Gasteiger partial charge in [-0.1, -0.05) is 121 Å². The van der Waals surface area contributed by atoms with Gasteiger partial charge in [0.25, 0.3) is 0 Å². The van der Waals surface area contributed by atoms with Crippen LogP contribution in [0.15, 0.2) is 126 Å². The number of esters is 4. The van der Waals surface area contributed by atoms with Crippen LogP contribution in [0, 0.1) is 0 Å². The van der Waals surface area contributed by atoms with Crippen molar-refractivity contribution in [3.63, 3.8) is 0 Å². The molecular weight excluding hydrogens is 821 g/mol. The van der Waals surface area contributed by atoms with Crippen molar-refractivity contribution in [3.8, 4) is 0 Å². The molecular formula is C47H52O14S.